The van der Waals surface area contributed by atoms with Gasteiger partial charge >= 0.3 is 0 Å². The van der Waals surface area contributed by atoms with E-state index in [1.54, 1.807) is 0 Å². The Hall–Kier alpha value is -0.0800. The normalized spacial score (nSPS) is 16.9. The van der Waals surface area contributed by atoms with Crippen LogP contribution in [0.3, 0.4) is 0 Å². The van der Waals surface area contributed by atoms with E-state index in [-0.39, 0.29) is 6.10 Å². The Labute approximate surface area is 70.0 Å². The van der Waals surface area contributed by atoms with Gasteiger partial charge in [-0.25, -0.2) is 0 Å². The van der Waals surface area contributed by atoms with Gasteiger partial charge in [0.15, 0.2) is 0 Å². The lowest BCUT2D eigenvalue weighted by atomic mass is 10.0. The molecule has 2 unspecified atom stereocenters. The molecule has 2 heteroatoms. The number of hydrogen-bond donors (Lipinski definition) is 2. The highest BCUT2D eigenvalue weighted by Crippen LogP contribution is 2.05. The largest absolute Gasteiger partial charge is 0.392 e. The molecule has 0 saturated heterocycles. The molecule has 0 amide bonds. The minimum atomic E-state index is -0.192. The molecule has 0 aromatic carbocycles. The summed E-state index contributed by atoms with van der Waals surface area (Å²) in [5.74, 6) is 0.404. The maximum absolute atomic E-state index is 9.50. The van der Waals surface area contributed by atoms with Gasteiger partial charge in [0.05, 0.1) is 6.10 Å². The fraction of sp³-hybridized carbons (Fsp3) is 1.00. The van der Waals surface area contributed by atoms with Gasteiger partial charge in [-0.15, -0.1) is 0 Å². The fourth-order valence-electron chi connectivity index (χ4n) is 0.830. The summed E-state index contributed by atoms with van der Waals surface area (Å²) in [6.45, 7) is 9.06. The first-order valence-electron chi connectivity index (χ1n) is 4.49. The average Bonchev–Trinajstić information content (AvgIpc) is 1.98. The molecule has 11 heavy (non-hydrogen) atoms. The minimum absolute atomic E-state index is 0.192. The predicted octanol–water partition coefficient (Wildman–Crippen LogP) is 1.39. The Kier molecular flexibility index (Phi) is 5.51. The van der Waals surface area contributed by atoms with E-state index in [1.807, 2.05) is 0 Å². The van der Waals surface area contributed by atoms with Crippen molar-refractivity contribution in [2.45, 2.75) is 46.3 Å². The summed E-state index contributed by atoms with van der Waals surface area (Å²) in [6, 6.07) is 0.466. The zero-order valence-corrected chi connectivity index (χ0v) is 8.09. The zero-order valence-electron chi connectivity index (χ0n) is 8.09. The molecule has 2 nitrogen and oxygen atoms in total. The quantitative estimate of drug-likeness (QED) is 0.635. The van der Waals surface area contributed by atoms with Gasteiger partial charge in [-0.2, -0.15) is 0 Å². The van der Waals surface area contributed by atoms with Crippen LogP contribution in [-0.2, 0) is 0 Å². The molecule has 0 spiro atoms. The van der Waals surface area contributed by atoms with E-state index < -0.39 is 0 Å². The maximum atomic E-state index is 9.50. The first-order valence-corrected chi connectivity index (χ1v) is 4.49. The van der Waals surface area contributed by atoms with Crippen molar-refractivity contribution in [1.29, 1.82) is 0 Å². The van der Waals surface area contributed by atoms with Crippen LogP contribution in [0, 0.1) is 5.92 Å². The molecule has 0 fully saturated rings. The van der Waals surface area contributed by atoms with E-state index in [0.29, 0.717) is 18.5 Å². The van der Waals surface area contributed by atoms with Crippen LogP contribution in [0.25, 0.3) is 0 Å². The van der Waals surface area contributed by atoms with Gasteiger partial charge in [0.1, 0.15) is 0 Å². The van der Waals surface area contributed by atoms with E-state index in [2.05, 4.69) is 33.0 Å². The number of hydrogen-bond acceptors (Lipinski definition) is 2. The van der Waals surface area contributed by atoms with Crippen LogP contribution in [0.4, 0.5) is 0 Å². The summed E-state index contributed by atoms with van der Waals surface area (Å²) in [4.78, 5) is 0. The first kappa shape index (κ1) is 10.9. The molecule has 2 N–H and O–H groups in total. The second-order valence-electron chi connectivity index (χ2n) is 3.52. The Morgan fingerprint density at radius 2 is 1.82 bits per heavy atom. The third kappa shape index (κ3) is 5.22. The molecule has 0 aliphatic rings. The molecule has 0 aromatic heterocycles. The van der Waals surface area contributed by atoms with E-state index >= 15 is 0 Å². The van der Waals surface area contributed by atoms with Gasteiger partial charge < -0.3 is 10.4 Å². The number of aliphatic hydroxyl groups is 1. The third-order valence-corrected chi connectivity index (χ3v) is 2.04. The third-order valence-electron chi connectivity index (χ3n) is 2.04. The van der Waals surface area contributed by atoms with Crippen LogP contribution in [0.5, 0.6) is 0 Å². The highest BCUT2D eigenvalue weighted by atomic mass is 16.3. The lowest BCUT2D eigenvalue weighted by Crippen LogP contribution is -2.35. The van der Waals surface area contributed by atoms with Crippen LogP contribution in [0.2, 0.25) is 0 Å². The van der Waals surface area contributed by atoms with Crippen molar-refractivity contribution in [2.24, 2.45) is 5.92 Å². The van der Waals surface area contributed by atoms with Crippen LogP contribution < -0.4 is 5.32 Å². The van der Waals surface area contributed by atoms with Gasteiger partial charge in [-0.05, 0) is 5.92 Å². The second-order valence-corrected chi connectivity index (χ2v) is 3.52. The molecule has 0 aliphatic carbocycles. The fourth-order valence-corrected chi connectivity index (χ4v) is 0.830. The van der Waals surface area contributed by atoms with Crippen LogP contribution in [0.1, 0.15) is 34.1 Å². The van der Waals surface area contributed by atoms with Gasteiger partial charge in [-0.3, -0.25) is 0 Å². The van der Waals surface area contributed by atoms with Crippen LogP contribution in [-0.4, -0.2) is 23.8 Å². The number of aliphatic hydroxyl groups excluding tert-OH is 1. The Balaban J connectivity index is 3.43. The summed E-state index contributed by atoms with van der Waals surface area (Å²) in [6.07, 6.45) is 0.850. The maximum Gasteiger partial charge on any atom is 0.0690 e. The second kappa shape index (κ2) is 5.56. The smallest absolute Gasteiger partial charge is 0.0690 e. The van der Waals surface area contributed by atoms with Crippen molar-refractivity contribution in [3.63, 3.8) is 0 Å². The summed E-state index contributed by atoms with van der Waals surface area (Å²) in [5, 5.41) is 12.7. The van der Waals surface area contributed by atoms with Crippen molar-refractivity contribution in [3.05, 3.63) is 0 Å². The molecule has 0 aliphatic heterocycles. The van der Waals surface area contributed by atoms with Crippen molar-refractivity contribution >= 4 is 0 Å². The molecule has 2 atom stereocenters. The summed E-state index contributed by atoms with van der Waals surface area (Å²) in [7, 11) is 0. The van der Waals surface area contributed by atoms with E-state index in [1.165, 1.54) is 0 Å². The SMILES string of the molecule is CCC(C)C(O)CNC(C)C. The molecular weight excluding hydrogens is 138 g/mol. The molecule has 0 heterocycles. The van der Waals surface area contributed by atoms with Crippen molar-refractivity contribution in [1.82, 2.24) is 5.32 Å². The van der Waals surface area contributed by atoms with E-state index in [4.69, 9.17) is 0 Å². The van der Waals surface area contributed by atoms with Gasteiger partial charge in [0, 0.05) is 12.6 Å². The lowest BCUT2D eigenvalue weighted by Gasteiger charge is -2.18. The molecule has 68 valence electrons. The van der Waals surface area contributed by atoms with Crippen molar-refractivity contribution < 1.29 is 5.11 Å². The first-order chi connectivity index (χ1) is 5.07. The van der Waals surface area contributed by atoms with Crippen LogP contribution >= 0.6 is 0 Å². The summed E-state index contributed by atoms with van der Waals surface area (Å²) >= 11 is 0. The van der Waals surface area contributed by atoms with Crippen molar-refractivity contribution in [3.8, 4) is 0 Å². The monoisotopic (exact) mass is 159 g/mol. The molecule has 0 aromatic rings. The highest BCUT2D eigenvalue weighted by Gasteiger charge is 2.11. The molecule has 0 bridgehead atoms. The average molecular weight is 159 g/mol. The molecular formula is C9H21NO. The lowest BCUT2D eigenvalue weighted by molar-refractivity contribution is 0.111. The van der Waals surface area contributed by atoms with E-state index in [9.17, 15) is 5.11 Å². The van der Waals surface area contributed by atoms with Gasteiger partial charge in [-0.1, -0.05) is 34.1 Å². The topological polar surface area (TPSA) is 32.3 Å². The van der Waals surface area contributed by atoms with Crippen molar-refractivity contribution in [2.75, 3.05) is 6.54 Å². The summed E-state index contributed by atoms with van der Waals surface area (Å²) < 4.78 is 0. The molecule has 0 saturated carbocycles. The Bertz CT molecular complexity index is 93.6. The van der Waals surface area contributed by atoms with Gasteiger partial charge in [0.25, 0.3) is 0 Å². The minimum Gasteiger partial charge on any atom is -0.392 e. The van der Waals surface area contributed by atoms with Gasteiger partial charge in [0.2, 0.25) is 0 Å². The standard InChI is InChI=1S/C9H21NO/c1-5-8(4)9(11)6-10-7(2)3/h7-11H,5-6H2,1-4H3. The highest BCUT2D eigenvalue weighted by molar-refractivity contribution is 4.66. The molecule has 0 radical (unpaired) electrons. The van der Waals surface area contributed by atoms with Crippen LogP contribution in [0.15, 0.2) is 0 Å². The summed E-state index contributed by atoms with van der Waals surface area (Å²) in [5.41, 5.74) is 0. The molecule has 0 rings (SSSR count). The Morgan fingerprint density at radius 1 is 1.27 bits per heavy atom. The number of nitrogens with one attached hydrogen (secondary N) is 1. The zero-order chi connectivity index (χ0) is 8.85. The van der Waals surface area contributed by atoms with E-state index in [0.717, 1.165) is 6.42 Å². The number of rotatable bonds is 5. The Morgan fingerprint density at radius 3 is 2.18 bits per heavy atom. The predicted molar refractivity (Wildman–Crippen MR) is 48.6 cm³/mol.